The van der Waals surface area contributed by atoms with Crippen LogP contribution in [0.1, 0.15) is 15.9 Å². The van der Waals surface area contributed by atoms with Crippen molar-refractivity contribution in [3.63, 3.8) is 0 Å². The Morgan fingerprint density at radius 1 is 0.806 bits per heavy atom. The molecule has 0 aliphatic carbocycles. The van der Waals surface area contributed by atoms with Gasteiger partial charge in [-0.15, -0.1) is 0 Å². The van der Waals surface area contributed by atoms with Gasteiger partial charge in [-0.2, -0.15) is 0 Å². The summed E-state index contributed by atoms with van der Waals surface area (Å²) in [6.07, 6.45) is 0.736. The number of benzene rings is 3. The Balaban J connectivity index is 1.53. The van der Waals surface area contributed by atoms with Crippen LogP contribution in [0.5, 0.6) is 0 Å². The zero-order valence-electron chi connectivity index (χ0n) is 18.0. The van der Waals surface area contributed by atoms with E-state index in [1.807, 2.05) is 79.7 Å². The number of hydrogen-bond acceptors (Lipinski definition) is 3. The Labute approximate surface area is 184 Å². The van der Waals surface area contributed by atoms with Crippen LogP contribution in [0.4, 0.5) is 0 Å². The minimum absolute atomic E-state index is 0.0352. The Bertz CT molecular complexity index is 971. The SMILES string of the molecule is CN(C)CC(Cc1ccccc1)NC(=O)CNC(=O)c1ccc(-c2ccccc2)cc1. The number of hydrogen-bond donors (Lipinski definition) is 2. The van der Waals surface area contributed by atoms with Gasteiger partial charge < -0.3 is 15.5 Å². The van der Waals surface area contributed by atoms with Crippen molar-refractivity contribution in [1.82, 2.24) is 15.5 Å². The molecule has 0 radical (unpaired) electrons. The van der Waals surface area contributed by atoms with Crippen LogP contribution in [0.15, 0.2) is 84.9 Å². The van der Waals surface area contributed by atoms with Crippen molar-refractivity contribution in [3.05, 3.63) is 96.1 Å². The van der Waals surface area contributed by atoms with Gasteiger partial charge in [0.25, 0.3) is 5.91 Å². The Morgan fingerprint density at radius 2 is 1.39 bits per heavy atom. The molecule has 2 N–H and O–H groups in total. The van der Waals surface area contributed by atoms with Crippen LogP contribution in [0.25, 0.3) is 11.1 Å². The van der Waals surface area contributed by atoms with Gasteiger partial charge >= 0.3 is 0 Å². The highest BCUT2D eigenvalue weighted by Gasteiger charge is 2.15. The predicted molar refractivity (Wildman–Crippen MR) is 125 cm³/mol. The number of likely N-dealkylation sites (N-methyl/N-ethyl adjacent to an activating group) is 1. The zero-order valence-corrected chi connectivity index (χ0v) is 18.0. The van der Waals surface area contributed by atoms with Crippen molar-refractivity contribution in [2.45, 2.75) is 12.5 Å². The number of amides is 2. The fourth-order valence-electron chi connectivity index (χ4n) is 3.49. The summed E-state index contributed by atoms with van der Waals surface area (Å²) in [5.74, 6) is -0.459. The Hall–Kier alpha value is -3.44. The van der Waals surface area contributed by atoms with Crippen LogP contribution in [0.2, 0.25) is 0 Å². The lowest BCUT2D eigenvalue weighted by atomic mass is 10.0. The summed E-state index contributed by atoms with van der Waals surface area (Å²) >= 11 is 0. The van der Waals surface area contributed by atoms with E-state index in [4.69, 9.17) is 0 Å². The van der Waals surface area contributed by atoms with Crippen LogP contribution in [-0.4, -0.2) is 49.9 Å². The largest absolute Gasteiger partial charge is 0.350 e. The number of nitrogens with one attached hydrogen (secondary N) is 2. The maximum atomic E-state index is 12.5. The van der Waals surface area contributed by atoms with Crippen LogP contribution >= 0.6 is 0 Å². The molecule has 0 saturated heterocycles. The minimum atomic E-state index is -0.262. The molecule has 0 fully saturated rings. The van der Waals surface area contributed by atoms with Gasteiger partial charge in [0.05, 0.1) is 6.54 Å². The molecule has 2 amide bonds. The second kappa shape index (κ2) is 11.1. The van der Waals surface area contributed by atoms with Crippen molar-refractivity contribution in [3.8, 4) is 11.1 Å². The first-order chi connectivity index (χ1) is 15.0. The smallest absolute Gasteiger partial charge is 0.251 e. The highest BCUT2D eigenvalue weighted by Crippen LogP contribution is 2.19. The summed E-state index contributed by atoms with van der Waals surface area (Å²) in [4.78, 5) is 27.0. The highest BCUT2D eigenvalue weighted by molar-refractivity contribution is 5.96. The van der Waals surface area contributed by atoms with Gasteiger partial charge in [-0.3, -0.25) is 9.59 Å². The van der Waals surface area contributed by atoms with Crippen molar-refractivity contribution in [2.75, 3.05) is 27.2 Å². The fourth-order valence-corrected chi connectivity index (χ4v) is 3.49. The number of nitrogens with zero attached hydrogens (tertiary/aromatic N) is 1. The second-order valence-corrected chi connectivity index (χ2v) is 7.84. The first-order valence-electron chi connectivity index (χ1n) is 10.4. The van der Waals surface area contributed by atoms with Gasteiger partial charge in [0.1, 0.15) is 0 Å². The molecule has 5 heteroatoms. The van der Waals surface area contributed by atoms with E-state index in [-0.39, 0.29) is 24.4 Å². The molecule has 0 spiro atoms. The van der Waals surface area contributed by atoms with Crippen LogP contribution in [0.3, 0.4) is 0 Å². The van der Waals surface area contributed by atoms with Gasteiger partial charge in [0.2, 0.25) is 5.91 Å². The van der Waals surface area contributed by atoms with E-state index in [1.54, 1.807) is 12.1 Å². The summed E-state index contributed by atoms with van der Waals surface area (Å²) in [5, 5.41) is 5.75. The second-order valence-electron chi connectivity index (χ2n) is 7.84. The average molecular weight is 416 g/mol. The molecule has 0 saturated carbocycles. The normalized spacial score (nSPS) is 11.7. The molecule has 5 nitrogen and oxygen atoms in total. The van der Waals surface area contributed by atoms with Crippen LogP contribution in [-0.2, 0) is 11.2 Å². The third-order valence-corrected chi connectivity index (χ3v) is 4.94. The molecule has 0 aliphatic heterocycles. The molecule has 1 atom stereocenters. The number of rotatable bonds is 9. The van der Waals surface area contributed by atoms with E-state index in [2.05, 4.69) is 22.8 Å². The highest BCUT2D eigenvalue weighted by atomic mass is 16.2. The van der Waals surface area contributed by atoms with Gasteiger partial charge in [0.15, 0.2) is 0 Å². The maximum absolute atomic E-state index is 12.5. The molecule has 3 aromatic rings. The maximum Gasteiger partial charge on any atom is 0.251 e. The lowest BCUT2D eigenvalue weighted by Crippen LogP contribution is -2.46. The Morgan fingerprint density at radius 3 is 2.00 bits per heavy atom. The lowest BCUT2D eigenvalue weighted by Gasteiger charge is -2.22. The van der Waals surface area contributed by atoms with Crippen LogP contribution < -0.4 is 10.6 Å². The fraction of sp³-hybridized carbons (Fsp3) is 0.231. The average Bonchev–Trinajstić information content (AvgIpc) is 2.78. The number of carbonyl (C=O) groups is 2. The molecule has 0 aromatic heterocycles. The van der Waals surface area contributed by atoms with Crippen LogP contribution in [0, 0.1) is 0 Å². The van der Waals surface area contributed by atoms with Crippen molar-refractivity contribution >= 4 is 11.8 Å². The van der Waals surface area contributed by atoms with E-state index < -0.39 is 0 Å². The van der Waals surface area contributed by atoms with E-state index >= 15 is 0 Å². The quantitative estimate of drug-likeness (QED) is 0.563. The molecule has 0 heterocycles. The van der Waals surface area contributed by atoms with E-state index in [9.17, 15) is 9.59 Å². The summed E-state index contributed by atoms with van der Waals surface area (Å²) < 4.78 is 0. The predicted octanol–water partition coefficient (Wildman–Crippen LogP) is 3.37. The van der Waals surface area contributed by atoms with Crippen molar-refractivity contribution < 1.29 is 9.59 Å². The first-order valence-corrected chi connectivity index (χ1v) is 10.4. The third kappa shape index (κ3) is 7.08. The van der Waals surface area contributed by atoms with Crippen molar-refractivity contribution in [1.29, 1.82) is 0 Å². The van der Waals surface area contributed by atoms with Gasteiger partial charge in [-0.05, 0) is 49.3 Å². The Kier molecular flexibility index (Phi) is 7.96. The minimum Gasteiger partial charge on any atom is -0.350 e. The monoisotopic (exact) mass is 415 g/mol. The standard InChI is InChI=1S/C26H29N3O2/c1-29(2)19-24(17-20-9-5-3-6-10-20)28-25(30)18-27-26(31)23-15-13-22(14-16-23)21-11-7-4-8-12-21/h3-16,24H,17-19H2,1-2H3,(H,27,31)(H,28,30). The van der Waals surface area contributed by atoms with E-state index in [0.717, 1.165) is 29.7 Å². The third-order valence-electron chi connectivity index (χ3n) is 4.94. The number of carbonyl (C=O) groups excluding carboxylic acids is 2. The molecule has 0 bridgehead atoms. The zero-order chi connectivity index (χ0) is 22.1. The summed E-state index contributed by atoms with van der Waals surface area (Å²) in [6, 6.07) is 27.4. The molecular formula is C26H29N3O2. The van der Waals surface area contributed by atoms with Crippen molar-refractivity contribution in [2.24, 2.45) is 0 Å². The summed E-state index contributed by atoms with van der Waals surface area (Å²) in [6.45, 7) is 0.660. The summed E-state index contributed by atoms with van der Waals surface area (Å²) in [7, 11) is 3.95. The molecule has 1 unspecified atom stereocenters. The molecule has 160 valence electrons. The van der Waals surface area contributed by atoms with E-state index in [0.29, 0.717) is 5.56 Å². The topological polar surface area (TPSA) is 61.4 Å². The molecular weight excluding hydrogens is 386 g/mol. The van der Waals surface area contributed by atoms with Gasteiger partial charge in [0, 0.05) is 18.2 Å². The van der Waals surface area contributed by atoms with E-state index in [1.165, 1.54) is 0 Å². The summed E-state index contributed by atoms with van der Waals surface area (Å²) in [5.41, 5.74) is 3.83. The molecule has 3 rings (SSSR count). The first kappa shape index (κ1) is 22.2. The molecule has 31 heavy (non-hydrogen) atoms. The molecule has 0 aliphatic rings. The van der Waals surface area contributed by atoms with Gasteiger partial charge in [-0.25, -0.2) is 0 Å². The van der Waals surface area contributed by atoms with Gasteiger partial charge in [-0.1, -0.05) is 72.8 Å². The molecule has 3 aromatic carbocycles. The lowest BCUT2D eigenvalue weighted by molar-refractivity contribution is -0.120.